The summed E-state index contributed by atoms with van der Waals surface area (Å²) in [6.45, 7) is 6.38. The summed E-state index contributed by atoms with van der Waals surface area (Å²) in [5, 5.41) is 5.95. The van der Waals surface area contributed by atoms with Gasteiger partial charge in [-0.05, 0) is 68.5 Å². The van der Waals surface area contributed by atoms with Gasteiger partial charge in [0.2, 0.25) is 0 Å². The molecule has 3 rings (SSSR count). The highest BCUT2D eigenvalue weighted by Gasteiger charge is 2.23. The van der Waals surface area contributed by atoms with E-state index in [2.05, 4.69) is 22.5 Å². The average Bonchev–Trinajstić information content (AvgIpc) is 2.59. The molecule has 1 aromatic carbocycles. The summed E-state index contributed by atoms with van der Waals surface area (Å²) in [5.41, 5.74) is 0.897. The molecule has 2 amide bonds. The van der Waals surface area contributed by atoms with Gasteiger partial charge in [-0.1, -0.05) is 6.92 Å². The van der Waals surface area contributed by atoms with Crippen LogP contribution >= 0.6 is 11.8 Å². The number of hydrogen-bond donors (Lipinski definition) is 2. The minimum Gasteiger partial charge on any atom is -0.338 e. The van der Waals surface area contributed by atoms with E-state index < -0.39 is 0 Å². The summed E-state index contributed by atoms with van der Waals surface area (Å²) in [6, 6.07) is 4.58. The second-order valence-corrected chi connectivity index (χ2v) is 8.31. The largest absolute Gasteiger partial charge is 0.338 e. The van der Waals surface area contributed by atoms with Crippen LogP contribution in [0.1, 0.15) is 44.2 Å². The molecule has 138 valence electrons. The smallest absolute Gasteiger partial charge is 0.315 e. The number of fused-ring (bicyclic) bond motifs is 1. The highest BCUT2D eigenvalue weighted by molar-refractivity contribution is 7.99. The standard InChI is InChI=1S/C19H28FN3OS/c1-14-4-2-9-23(13-14)10-3-8-21-19(24)22-17-7-11-25-18-6-5-15(20)12-16(17)18/h5-6,12,14,17H,2-4,7-11,13H2,1H3,(H2,21,22,24)/t14-,17+/m1/s1. The van der Waals surface area contributed by atoms with Crippen LogP contribution in [0.2, 0.25) is 0 Å². The average molecular weight is 366 g/mol. The Balaban J connectivity index is 1.41. The molecule has 2 atom stereocenters. The lowest BCUT2D eigenvalue weighted by atomic mass is 10.0. The second kappa shape index (κ2) is 8.90. The number of benzene rings is 1. The number of nitrogens with zero attached hydrogens (tertiary/aromatic N) is 1. The molecule has 0 aromatic heterocycles. The Morgan fingerprint density at radius 3 is 3.12 bits per heavy atom. The molecule has 2 aliphatic rings. The molecule has 2 aliphatic heterocycles. The quantitative estimate of drug-likeness (QED) is 0.781. The fourth-order valence-corrected chi connectivity index (χ4v) is 4.82. The van der Waals surface area contributed by atoms with Crippen LogP contribution in [0.4, 0.5) is 9.18 Å². The number of thioether (sulfide) groups is 1. The van der Waals surface area contributed by atoms with Gasteiger partial charge in [0.05, 0.1) is 6.04 Å². The van der Waals surface area contributed by atoms with E-state index in [9.17, 15) is 9.18 Å². The number of piperidine rings is 1. The monoisotopic (exact) mass is 365 g/mol. The lowest BCUT2D eigenvalue weighted by Crippen LogP contribution is -2.41. The Bertz CT molecular complexity index is 598. The number of likely N-dealkylation sites (tertiary alicyclic amines) is 1. The molecule has 0 aliphatic carbocycles. The molecule has 1 fully saturated rings. The first-order chi connectivity index (χ1) is 12.1. The third-order valence-electron chi connectivity index (χ3n) is 4.99. The maximum Gasteiger partial charge on any atom is 0.315 e. The zero-order chi connectivity index (χ0) is 17.6. The predicted octanol–water partition coefficient (Wildman–Crippen LogP) is 3.78. The van der Waals surface area contributed by atoms with E-state index in [-0.39, 0.29) is 17.9 Å². The number of hydrogen-bond acceptors (Lipinski definition) is 3. The first kappa shape index (κ1) is 18.5. The van der Waals surface area contributed by atoms with Crippen molar-refractivity contribution < 1.29 is 9.18 Å². The Labute approximate surface area is 153 Å². The number of urea groups is 1. The SMILES string of the molecule is C[C@@H]1CCCN(CCCNC(=O)N[C@H]2CCSc3ccc(F)cc32)C1. The molecule has 6 heteroatoms. The number of carbonyl (C=O) groups is 1. The zero-order valence-corrected chi connectivity index (χ0v) is 15.7. The lowest BCUT2D eigenvalue weighted by molar-refractivity contribution is 0.181. The molecule has 0 spiro atoms. The van der Waals surface area contributed by atoms with Crippen LogP contribution in [0, 0.1) is 11.7 Å². The molecule has 25 heavy (non-hydrogen) atoms. The van der Waals surface area contributed by atoms with E-state index in [1.165, 1.54) is 32.0 Å². The fraction of sp³-hybridized carbons (Fsp3) is 0.632. The normalized spacial score (nSPS) is 23.8. The van der Waals surface area contributed by atoms with Crippen molar-refractivity contribution >= 4 is 17.8 Å². The van der Waals surface area contributed by atoms with E-state index in [1.54, 1.807) is 23.9 Å². The molecule has 0 saturated carbocycles. The molecule has 2 N–H and O–H groups in total. The van der Waals surface area contributed by atoms with Crippen molar-refractivity contribution in [2.45, 2.75) is 43.5 Å². The highest BCUT2D eigenvalue weighted by Crippen LogP contribution is 2.36. The Morgan fingerprint density at radius 2 is 2.28 bits per heavy atom. The first-order valence-corrected chi connectivity index (χ1v) is 10.3. The lowest BCUT2D eigenvalue weighted by Gasteiger charge is -2.30. The fourth-order valence-electron chi connectivity index (χ4n) is 3.72. The van der Waals surface area contributed by atoms with Crippen LogP contribution in [-0.4, -0.2) is 42.9 Å². The van der Waals surface area contributed by atoms with E-state index in [4.69, 9.17) is 0 Å². The van der Waals surface area contributed by atoms with Gasteiger partial charge in [-0.25, -0.2) is 9.18 Å². The van der Waals surface area contributed by atoms with Gasteiger partial charge in [-0.15, -0.1) is 11.8 Å². The summed E-state index contributed by atoms with van der Waals surface area (Å²) in [7, 11) is 0. The minimum absolute atomic E-state index is 0.102. The van der Waals surface area contributed by atoms with Gasteiger partial charge < -0.3 is 15.5 Å². The van der Waals surface area contributed by atoms with E-state index in [0.717, 1.165) is 41.5 Å². The molecule has 1 aromatic rings. The van der Waals surface area contributed by atoms with Crippen LogP contribution in [0.15, 0.2) is 23.1 Å². The second-order valence-electron chi connectivity index (χ2n) is 7.17. The van der Waals surface area contributed by atoms with Crippen molar-refractivity contribution in [2.75, 3.05) is 31.9 Å². The summed E-state index contributed by atoms with van der Waals surface area (Å²) in [4.78, 5) is 15.7. The van der Waals surface area contributed by atoms with Crippen LogP contribution < -0.4 is 10.6 Å². The van der Waals surface area contributed by atoms with Crippen LogP contribution in [0.5, 0.6) is 0 Å². The number of nitrogens with one attached hydrogen (secondary N) is 2. The van der Waals surface area contributed by atoms with Crippen molar-refractivity contribution in [3.63, 3.8) is 0 Å². The van der Waals surface area contributed by atoms with Crippen LogP contribution in [0.3, 0.4) is 0 Å². The van der Waals surface area contributed by atoms with Gasteiger partial charge in [-0.3, -0.25) is 0 Å². The number of rotatable bonds is 5. The Kier molecular flexibility index (Phi) is 6.59. The first-order valence-electron chi connectivity index (χ1n) is 9.31. The Hall–Kier alpha value is -1.27. The third-order valence-corrected chi connectivity index (χ3v) is 6.12. The van der Waals surface area contributed by atoms with Gasteiger partial charge in [0.1, 0.15) is 5.82 Å². The van der Waals surface area contributed by atoms with E-state index in [0.29, 0.717) is 6.54 Å². The molecule has 4 nitrogen and oxygen atoms in total. The third kappa shape index (κ3) is 5.35. The molecular weight excluding hydrogens is 337 g/mol. The molecule has 0 bridgehead atoms. The number of halogens is 1. The molecular formula is C19H28FN3OS. The van der Waals surface area contributed by atoms with Crippen LogP contribution in [-0.2, 0) is 0 Å². The van der Waals surface area contributed by atoms with Gasteiger partial charge in [-0.2, -0.15) is 0 Å². The summed E-state index contributed by atoms with van der Waals surface area (Å²) < 4.78 is 13.5. The van der Waals surface area contributed by atoms with Gasteiger partial charge in [0, 0.05) is 23.7 Å². The van der Waals surface area contributed by atoms with Crippen molar-refractivity contribution in [1.29, 1.82) is 0 Å². The predicted molar refractivity (Wildman–Crippen MR) is 100 cm³/mol. The summed E-state index contributed by atoms with van der Waals surface area (Å²) >= 11 is 1.72. The van der Waals surface area contributed by atoms with E-state index in [1.807, 2.05) is 0 Å². The van der Waals surface area contributed by atoms with Gasteiger partial charge >= 0.3 is 6.03 Å². The molecule has 0 radical (unpaired) electrons. The maximum absolute atomic E-state index is 13.5. The van der Waals surface area contributed by atoms with Gasteiger partial charge in [0.25, 0.3) is 0 Å². The van der Waals surface area contributed by atoms with E-state index >= 15 is 0 Å². The summed E-state index contributed by atoms with van der Waals surface area (Å²) in [5.74, 6) is 1.48. The van der Waals surface area contributed by atoms with Crippen molar-refractivity contribution in [2.24, 2.45) is 5.92 Å². The van der Waals surface area contributed by atoms with Crippen molar-refractivity contribution in [3.8, 4) is 0 Å². The minimum atomic E-state index is -0.246. The highest BCUT2D eigenvalue weighted by atomic mass is 32.2. The van der Waals surface area contributed by atoms with Gasteiger partial charge in [0.15, 0.2) is 0 Å². The maximum atomic E-state index is 13.5. The molecule has 1 saturated heterocycles. The Morgan fingerprint density at radius 1 is 1.40 bits per heavy atom. The van der Waals surface area contributed by atoms with Crippen molar-refractivity contribution in [1.82, 2.24) is 15.5 Å². The summed E-state index contributed by atoms with van der Waals surface area (Å²) in [6.07, 6.45) is 4.41. The molecule has 0 unspecified atom stereocenters. The van der Waals surface area contributed by atoms with Crippen LogP contribution in [0.25, 0.3) is 0 Å². The number of amides is 2. The van der Waals surface area contributed by atoms with Crippen molar-refractivity contribution in [3.05, 3.63) is 29.6 Å². The zero-order valence-electron chi connectivity index (χ0n) is 14.9. The molecule has 2 heterocycles. The number of carbonyl (C=O) groups excluding carboxylic acids is 1. The topological polar surface area (TPSA) is 44.4 Å².